The standard InChI is InChI=1S/C14H13BrN2O2/c1-9-2-4-10(5-3-9)6-11(14(18)19)13-12(15)7-16-8-17-13/h2-5,7-8,11H,6H2,1H3,(H,18,19). The molecular formula is C14H13BrN2O2. The predicted molar refractivity (Wildman–Crippen MR) is 75.0 cm³/mol. The molecule has 1 heterocycles. The van der Waals surface area contributed by atoms with Gasteiger partial charge in [-0.15, -0.1) is 0 Å². The summed E-state index contributed by atoms with van der Waals surface area (Å²) in [5, 5.41) is 9.39. The van der Waals surface area contributed by atoms with E-state index in [1.807, 2.05) is 31.2 Å². The van der Waals surface area contributed by atoms with Crippen LogP contribution in [0.2, 0.25) is 0 Å². The normalized spacial score (nSPS) is 12.1. The molecule has 0 aliphatic heterocycles. The summed E-state index contributed by atoms with van der Waals surface area (Å²) in [4.78, 5) is 19.4. The second-order valence-corrected chi connectivity index (χ2v) is 5.19. The highest BCUT2D eigenvalue weighted by molar-refractivity contribution is 9.10. The van der Waals surface area contributed by atoms with Gasteiger partial charge in [0.1, 0.15) is 12.2 Å². The van der Waals surface area contributed by atoms with Crippen LogP contribution in [0, 0.1) is 6.92 Å². The van der Waals surface area contributed by atoms with Crippen molar-refractivity contribution >= 4 is 21.9 Å². The number of hydrogen-bond donors (Lipinski definition) is 1. The van der Waals surface area contributed by atoms with Crippen molar-refractivity contribution in [3.63, 3.8) is 0 Å². The molecule has 0 aliphatic rings. The molecule has 0 spiro atoms. The lowest BCUT2D eigenvalue weighted by Gasteiger charge is -2.13. The minimum Gasteiger partial charge on any atom is -0.481 e. The lowest BCUT2D eigenvalue weighted by molar-refractivity contribution is -0.138. The van der Waals surface area contributed by atoms with Crippen LogP contribution in [0.1, 0.15) is 22.7 Å². The molecule has 0 radical (unpaired) electrons. The number of hydrogen-bond acceptors (Lipinski definition) is 3. The summed E-state index contributed by atoms with van der Waals surface area (Å²) in [7, 11) is 0. The molecule has 0 saturated heterocycles. The van der Waals surface area contributed by atoms with E-state index < -0.39 is 11.9 Å². The molecule has 0 bridgehead atoms. The van der Waals surface area contributed by atoms with Crippen LogP contribution < -0.4 is 0 Å². The maximum Gasteiger partial charge on any atom is 0.312 e. The van der Waals surface area contributed by atoms with E-state index in [0.717, 1.165) is 11.1 Å². The van der Waals surface area contributed by atoms with Crippen LogP contribution >= 0.6 is 15.9 Å². The number of aromatic nitrogens is 2. The van der Waals surface area contributed by atoms with Crippen molar-refractivity contribution in [1.29, 1.82) is 0 Å². The Morgan fingerprint density at radius 2 is 2.05 bits per heavy atom. The van der Waals surface area contributed by atoms with Gasteiger partial charge in [-0.25, -0.2) is 9.97 Å². The van der Waals surface area contributed by atoms with E-state index in [-0.39, 0.29) is 0 Å². The molecule has 5 heteroatoms. The summed E-state index contributed by atoms with van der Waals surface area (Å²) in [6, 6.07) is 7.84. The van der Waals surface area contributed by atoms with Crippen LogP contribution in [-0.4, -0.2) is 21.0 Å². The van der Waals surface area contributed by atoms with Crippen molar-refractivity contribution in [2.45, 2.75) is 19.3 Å². The zero-order valence-corrected chi connectivity index (χ0v) is 12.0. The summed E-state index contributed by atoms with van der Waals surface area (Å²) < 4.78 is 0.620. The van der Waals surface area contributed by atoms with Gasteiger partial charge < -0.3 is 5.11 Å². The number of carbonyl (C=O) groups is 1. The molecule has 1 aromatic carbocycles. The van der Waals surface area contributed by atoms with Crippen molar-refractivity contribution in [2.24, 2.45) is 0 Å². The van der Waals surface area contributed by atoms with E-state index in [9.17, 15) is 9.90 Å². The van der Waals surface area contributed by atoms with Gasteiger partial charge in [-0.05, 0) is 34.8 Å². The first-order chi connectivity index (χ1) is 9.08. The number of aryl methyl sites for hydroxylation is 1. The van der Waals surface area contributed by atoms with Crippen LogP contribution in [0.5, 0.6) is 0 Å². The van der Waals surface area contributed by atoms with Crippen molar-refractivity contribution in [3.8, 4) is 0 Å². The van der Waals surface area contributed by atoms with Crippen molar-refractivity contribution in [1.82, 2.24) is 9.97 Å². The number of carboxylic acids is 1. The second kappa shape index (κ2) is 5.93. The Morgan fingerprint density at radius 1 is 1.37 bits per heavy atom. The summed E-state index contributed by atoms with van der Waals surface area (Å²) in [6.07, 6.45) is 3.34. The molecule has 19 heavy (non-hydrogen) atoms. The molecular weight excluding hydrogens is 308 g/mol. The molecule has 4 nitrogen and oxygen atoms in total. The van der Waals surface area contributed by atoms with Crippen LogP contribution in [0.4, 0.5) is 0 Å². The monoisotopic (exact) mass is 320 g/mol. The van der Waals surface area contributed by atoms with Gasteiger partial charge in [0.2, 0.25) is 0 Å². The molecule has 0 fully saturated rings. The zero-order chi connectivity index (χ0) is 13.8. The summed E-state index contributed by atoms with van der Waals surface area (Å²) >= 11 is 3.30. The Bertz CT molecular complexity index is 584. The van der Waals surface area contributed by atoms with Crippen molar-refractivity contribution in [3.05, 3.63) is 58.1 Å². The highest BCUT2D eigenvalue weighted by Gasteiger charge is 2.24. The lowest BCUT2D eigenvalue weighted by atomic mass is 9.95. The third kappa shape index (κ3) is 3.38. The van der Waals surface area contributed by atoms with Gasteiger partial charge >= 0.3 is 5.97 Å². The average Bonchev–Trinajstić information content (AvgIpc) is 2.39. The van der Waals surface area contributed by atoms with Gasteiger partial charge in [-0.2, -0.15) is 0 Å². The number of benzene rings is 1. The minimum atomic E-state index is -0.889. The van der Waals surface area contributed by atoms with Gasteiger partial charge in [0, 0.05) is 6.20 Å². The Hall–Kier alpha value is -1.75. The summed E-state index contributed by atoms with van der Waals surface area (Å²) in [6.45, 7) is 2.00. The fourth-order valence-corrected chi connectivity index (χ4v) is 2.34. The zero-order valence-electron chi connectivity index (χ0n) is 10.4. The SMILES string of the molecule is Cc1ccc(CC(C(=O)O)c2ncncc2Br)cc1. The quantitative estimate of drug-likeness (QED) is 0.940. The largest absolute Gasteiger partial charge is 0.481 e. The van der Waals surface area contributed by atoms with E-state index in [2.05, 4.69) is 25.9 Å². The second-order valence-electron chi connectivity index (χ2n) is 4.34. The fraction of sp³-hybridized carbons (Fsp3) is 0.214. The Balaban J connectivity index is 2.29. The van der Waals surface area contributed by atoms with Crippen LogP contribution in [0.3, 0.4) is 0 Å². The number of rotatable bonds is 4. The fourth-order valence-electron chi connectivity index (χ4n) is 1.84. The molecule has 0 saturated carbocycles. The Kier molecular flexibility index (Phi) is 4.27. The van der Waals surface area contributed by atoms with Gasteiger partial charge in [0.05, 0.1) is 10.2 Å². The van der Waals surface area contributed by atoms with Crippen LogP contribution in [-0.2, 0) is 11.2 Å². The molecule has 1 atom stereocenters. The smallest absolute Gasteiger partial charge is 0.312 e. The van der Waals surface area contributed by atoms with Crippen molar-refractivity contribution in [2.75, 3.05) is 0 Å². The first-order valence-electron chi connectivity index (χ1n) is 5.81. The average molecular weight is 321 g/mol. The van der Waals surface area contributed by atoms with Crippen LogP contribution in [0.15, 0.2) is 41.3 Å². The Labute approximate surface area is 119 Å². The maximum absolute atomic E-state index is 11.4. The summed E-state index contributed by atoms with van der Waals surface area (Å²) in [5.74, 6) is -1.57. The predicted octanol–water partition coefficient (Wildman–Crippen LogP) is 2.96. The van der Waals surface area contributed by atoms with Gasteiger partial charge in [0.25, 0.3) is 0 Å². The van der Waals surface area contributed by atoms with E-state index in [1.54, 1.807) is 6.20 Å². The number of nitrogens with zero attached hydrogens (tertiary/aromatic N) is 2. The summed E-state index contributed by atoms with van der Waals surface area (Å²) in [5.41, 5.74) is 2.63. The lowest BCUT2D eigenvalue weighted by Crippen LogP contribution is -2.16. The van der Waals surface area contributed by atoms with E-state index in [4.69, 9.17) is 0 Å². The van der Waals surface area contributed by atoms with Gasteiger partial charge in [-0.1, -0.05) is 29.8 Å². The maximum atomic E-state index is 11.4. The molecule has 1 N–H and O–H groups in total. The number of aliphatic carboxylic acids is 1. The first-order valence-corrected chi connectivity index (χ1v) is 6.61. The minimum absolute atomic E-state index is 0.408. The highest BCUT2D eigenvalue weighted by Crippen LogP contribution is 2.25. The van der Waals surface area contributed by atoms with Gasteiger partial charge in [0.15, 0.2) is 0 Å². The molecule has 0 aliphatic carbocycles. The molecule has 2 rings (SSSR count). The van der Waals surface area contributed by atoms with Crippen molar-refractivity contribution < 1.29 is 9.90 Å². The Morgan fingerprint density at radius 3 is 2.63 bits per heavy atom. The van der Waals surface area contributed by atoms with Gasteiger partial charge in [-0.3, -0.25) is 4.79 Å². The molecule has 0 amide bonds. The van der Waals surface area contributed by atoms with E-state index >= 15 is 0 Å². The number of halogens is 1. The first kappa shape index (κ1) is 13.7. The van der Waals surface area contributed by atoms with E-state index in [1.165, 1.54) is 6.33 Å². The topological polar surface area (TPSA) is 63.1 Å². The molecule has 98 valence electrons. The third-order valence-corrected chi connectivity index (χ3v) is 3.50. The third-order valence-electron chi connectivity index (χ3n) is 2.88. The van der Waals surface area contributed by atoms with E-state index in [0.29, 0.717) is 16.6 Å². The number of carboxylic acid groups (broad SMARTS) is 1. The molecule has 1 unspecified atom stereocenters. The molecule has 1 aromatic heterocycles. The van der Waals surface area contributed by atoms with Crippen LogP contribution in [0.25, 0.3) is 0 Å². The molecule has 2 aromatic rings. The highest BCUT2D eigenvalue weighted by atomic mass is 79.9.